The third-order valence-corrected chi connectivity index (χ3v) is 12.0. The van der Waals surface area contributed by atoms with Crippen molar-refractivity contribution in [2.24, 2.45) is 17.8 Å². The van der Waals surface area contributed by atoms with Gasteiger partial charge in [0.25, 0.3) is 0 Å². The first-order valence-corrected chi connectivity index (χ1v) is 16.8. The lowest BCUT2D eigenvalue weighted by atomic mass is 9.84. The molecule has 0 aromatic rings. The first kappa shape index (κ1) is 27.2. The van der Waals surface area contributed by atoms with Gasteiger partial charge < -0.3 is 10.2 Å². The normalized spacial score (nSPS) is 31.7. The number of carbonyl (C=O) groups is 2. The second kappa shape index (κ2) is 12.6. The fraction of sp³-hybridized carbons (Fsp3) is 0.923. The topological polar surface area (TPSA) is 95.6 Å². The standard InChI is InChI=1S/C26H45N3O4S2/c1-2-3-15-29(26-27-14-16-34-26)25(31)21-8-10-22(11-9-21)28-24(30)17-19-6-12-23(13-7-19)35(32,33)18-20-4-5-20/h19-23,26-27H,2-18H2,1H3,(H,28,30). The van der Waals surface area contributed by atoms with Gasteiger partial charge in [-0.05, 0) is 82.5 Å². The van der Waals surface area contributed by atoms with Crippen LogP contribution in [0.1, 0.15) is 90.4 Å². The highest BCUT2D eigenvalue weighted by Crippen LogP contribution is 2.36. The minimum absolute atomic E-state index is 0.0656. The van der Waals surface area contributed by atoms with E-state index >= 15 is 0 Å². The van der Waals surface area contributed by atoms with Gasteiger partial charge in [-0.15, -0.1) is 11.8 Å². The number of unbranched alkanes of at least 4 members (excludes halogenated alkanes) is 1. The summed E-state index contributed by atoms with van der Waals surface area (Å²) in [7, 11) is -2.96. The summed E-state index contributed by atoms with van der Waals surface area (Å²) < 4.78 is 25.1. The van der Waals surface area contributed by atoms with Gasteiger partial charge in [0, 0.05) is 37.2 Å². The monoisotopic (exact) mass is 527 g/mol. The van der Waals surface area contributed by atoms with Crippen molar-refractivity contribution < 1.29 is 18.0 Å². The van der Waals surface area contributed by atoms with Crippen LogP contribution in [0.25, 0.3) is 0 Å². The van der Waals surface area contributed by atoms with Gasteiger partial charge in [-0.25, -0.2) is 8.42 Å². The van der Waals surface area contributed by atoms with Crippen molar-refractivity contribution in [1.82, 2.24) is 15.5 Å². The molecule has 7 nitrogen and oxygen atoms in total. The molecular weight excluding hydrogens is 482 g/mol. The molecule has 3 saturated carbocycles. The van der Waals surface area contributed by atoms with E-state index in [0.29, 0.717) is 36.9 Å². The van der Waals surface area contributed by atoms with Gasteiger partial charge in [-0.3, -0.25) is 14.9 Å². The lowest BCUT2D eigenvalue weighted by Gasteiger charge is -2.35. The van der Waals surface area contributed by atoms with Gasteiger partial charge in [-0.2, -0.15) is 0 Å². The second-order valence-electron chi connectivity index (χ2n) is 11.3. The fourth-order valence-electron chi connectivity index (χ4n) is 6.00. The van der Waals surface area contributed by atoms with E-state index in [1.165, 1.54) is 0 Å². The molecule has 1 atom stereocenters. The molecule has 1 unspecified atom stereocenters. The average Bonchev–Trinajstić information content (AvgIpc) is 3.47. The lowest BCUT2D eigenvalue weighted by Crippen LogP contribution is -2.48. The smallest absolute Gasteiger partial charge is 0.227 e. The number of rotatable bonds is 11. The Labute approximate surface area is 216 Å². The summed E-state index contributed by atoms with van der Waals surface area (Å²) in [6.45, 7) is 3.94. The molecule has 4 aliphatic rings. The van der Waals surface area contributed by atoms with Crippen molar-refractivity contribution in [3.63, 3.8) is 0 Å². The maximum absolute atomic E-state index is 13.3. The molecule has 1 heterocycles. The van der Waals surface area contributed by atoms with E-state index < -0.39 is 9.84 Å². The van der Waals surface area contributed by atoms with E-state index in [1.54, 1.807) is 0 Å². The van der Waals surface area contributed by atoms with Crippen molar-refractivity contribution in [3.05, 3.63) is 0 Å². The Morgan fingerprint density at radius 2 is 1.66 bits per heavy atom. The molecule has 35 heavy (non-hydrogen) atoms. The van der Waals surface area contributed by atoms with Crippen molar-refractivity contribution in [3.8, 4) is 0 Å². The van der Waals surface area contributed by atoms with Crippen LogP contribution in [-0.4, -0.2) is 66.5 Å². The minimum Gasteiger partial charge on any atom is -0.353 e. The summed E-state index contributed by atoms with van der Waals surface area (Å²) in [4.78, 5) is 28.1. The molecule has 1 aliphatic heterocycles. The Morgan fingerprint density at radius 1 is 0.971 bits per heavy atom. The maximum atomic E-state index is 13.3. The van der Waals surface area contributed by atoms with Gasteiger partial charge in [0.1, 0.15) is 5.50 Å². The molecule has 0 aromatic heterocycles. The molecule has 9 heteroatoms. The highest BCUT2D eigenvalue weighted by molar-refractivity contribution is 8.00. The van der Waals surface area contributed by atoms with E-state index in [9.17, 15) is 18.0 Å². The van der Waals surface area contributed by atoms with Gasteiger partial charge in [-0.1, -0.05) is 13.3 Å². The van der Waals surface area contributed by atoms with E-state index in [1.807, 2.05) is 11.8 Å². The highest BCUT2D eigenvalue weighted by atomic mass is 32.2. The molecule has 3 aliphatic carbocycles. The van der Waals surface area contributed by atoms with Crippen LogP contribution in [0.15, 0.2) is 0 Å². The summed E-state index contributed by atoms with van der Waals surface area (Å²) in [6, 6.07) is 0.157. The maximum Gasteiger partial charge on any atom is 0.227 e. The fourth-order valence-corrected chi connectivity index (χ4v) is 9.33. The molecule has 0 bridgehead atoms. The van der Waals surface area contributed by atoms with Gasteiger partial charge >= 0.3 is 0 Å². The summed E-state index contributed by atoms with van der Waals surface area (Å²) in [6.07, 6.45) is 11.3. The van der Waals surface area contributed by atoms with Crippen LogP contribution in [0.2, 0.25) is 0 Å². The first-order chi connectivity index (χ1) is 16.9. The molecular formula is C26H45N3O4S2. The number of thioether (sulfide) groups is 1. The van der Waals surface area contributed by atoms with E-state index in [4.69, 9.17) is 0 Å². The van der Waals surface area contributed by atoms with Crippen molar-refractivity contribution in [2.45, 2.75) is 107 Å². The Balaban J connectivity index is 1.16. The van der Waals surface area contributed by atoms with Gasteiger partial charge in [0.15, 0.2) is 9.84 Å². The van der Waals surface area contributed by atoms with Crippen LogP contribution in [0.4, 0.5) is 0 Å². The van der Waals surface area contributed by atoms with E-state index in [2.05, 4.69) is 22.5 Å². The van der Waals surface area contributed by atoms with Crippen molar-refractivity contribution in [1.29, 1.82) is 0 Å². The Morgan fingerprint density at radius 3 is 2.26 bits per heavy atom. The summed E-state index contributed by atoms with van der Waals surface area (Å²) in [5.41, 5.74) is 0.116. The lowest BCUT2D eigenvalue weighted by molar-refractivity contribution is -0.137. The first-order valence-electron chi connectivity index (χ1n) is 14.0. The van der Waals surface area contributed by atoms with Crippen LogP contribution in [0.3, 0.4) is 0 Å². The zero-order valence-corrected chi connectivity index (χ0v) is 23.0. The predicted octanol–water partition coefficient (Wildman–Crippen LogP) is 3.68. The largest absolute Gasteiger partial charge is 0.353 e. The van der Waals surface area contributed by atoms with Gasteiger partial charge in [0.2, 0.25) is 11.8 Å². The third kappa shape index (κ3) is 7.84. The SMILES string of the molecule is CCCCN(C(=O)C1CCC(NC(=O)CC2CCC(S(=O)(=O)CC3CC3)CC2)CC1)C1NCCS1. The Bertz CT molecular complexity index is 810. The molecule has 4 fully saturated rings. The molecule has 2 N–H and O–H groups in total. The molecule has 1 saturated heterocycles. The number of sulfone groups is 1. The number of nitrogens with zero attached hydrogens (tertiary/aromatic N) is 1. The number of hydrogen-bond donors (Lipinski definition) is 2. The Kier molecular flexibility index (Phi) is 9.83. The van der Waals surface area contributed by atoms with Crippen LogP contribution in [0.5, 0.6) is 0 Å². The molecule has 4 rings (SSSR count). The molecule has 0 aromatic carbocycles. The van der Waals surface area contributed by atoms with Crippen LogP contribution in [0, 0.1) is 17.8 Å². The summed E-state index contributed by atoms with van der Waals surface area (Å²) >= 11 is 1.83. The van der Waals surface area contributed by atoms with Crippen molar-refractivity contribution in [2.75, 3.05) is 24.6 Å². The highest BCUT2D eigenvalue weighted by Gasteiger charge is 2.37. The number of hydrogen-bond acceptors (Lipinski definition) is 6. The van der Waals surface area contributed by atoms with Crippen LogP contribution >= 0.6 is 11.8 Å². The molecule has 0 spiro atoms. The molecule has 2 amide bonds. The number of carbonyl (C=O) groups excluding carboxylic acids is 2. The Hall–Kier alpha value is -0.800. The van der Waals surface area contributed by atoms with Crippen LogP contribution in [-0.2, 0) is 19.4 Å². The zero-order chi connectivity index (χ0) is 24.8. The minimum atomic E-state index is -2.96. The van der Waals surface area contributed by atoms with Gasteiger partial charge in [0.05, 0.1) is 11.0 Å². The van der Waals surface area contributed by atoms with E-state index in [-0.39, 0.29) is 34.5 Å². The van der Waals surface area contributed by atoms with Crippen molar-refractivity contribution >= 4 is 33.4 Å². The number of amides is 2. The average molecular weight is 528 g/mol. The van der Waals surface area contributed by atoms with E-state index in [0.717, 1.165) is 83.1 Å². The number of nitrogens with one attached hydrogen (secondary N) is 2. The second-order valence-corrected chi connectivity index (χ2v) is 14.8. The zero-order valence-electron chi connectivity index (χ0n) is 21.4. The third-order valence-electron chi connectivity index (χ3n) is 8.40. The molecule has 0 radical (unpaired) electrons. The molecule has 200 valence electrons. The quantitative estimate of drug-likeness (QED) is 0.426. The summed E-state index contributed by atoms with van der Waals surface area (Å²) in [5.74, 6) is 2.58. The predicted molar refractivity (Wildman–Crippen MR) is 142 cm³/mol. The summed E-state index contributed by atoms with van der Waals surface area (Å²) in [5, 5.41) is 6.49. The van der Waals surface area contributed by atoms with Crippen LogP contribution < -0.4 is 10.6 Å².